The van der Waals surface area contributed by atoms with Gasteiger partial charge in [-0.3, -0.25) is 25.8 Å². The zero-order valence-corrected chi connectivity index (χ0v) is 14.0. The normalized spacial score (nSPS) is 10.4. The van der Waals surface area contributed by atoms with Crippen molar-refractivity contribution in [1.82, 2.24) is 25.2 Å². The molecule has 10 heteroatoms. The van der Waals surface area contributed by atoms with E-state index in [4.69, 9.17) is 0 Å². The highest BCUT2D eigenvalue weighted by molar-refractivity contribution is 5.94. The van der Waals surface area contributed by atoms with E-state index >= 15 is 0 Å². The van der Waals surface area contributed by atoms with E-state index in [-0.39, 0.29) is 11.6 Å². The lowest BCUT2D eigenvalue weighted by Gasteiger charge is -2.10. The second kappa shape index (κ2) is 6.97. The average molecular weight is 353 g/mol. The molecule has 2 heterocycles. The average Bonchev–Trinajstić information content (AvgIpc) is 2.98. The number of hydrogen-bond donors (Lipinski definition) is 2. The van der Waals surface area contributed by atoms with Gasteiger partial charge in [0.2, 0.25) is 11.6 Å². The van der Waals surface area contributed by atoms with Gasteiger partial charge in [0.25, 0.3) is 5.91 Å². The minimum absolute atomic E-state index is 0.00654. The van der Waals surface area contributed by atoms with E-state index in [0.717, 1.165) is 6.33 Å². The van der Waals surface area contributed by atoms with Crippen molar-refractivity contribution >= 4 is 17.4 Å². The molecule has 26 heavy (non-hydrogen) atoms. The van der Waals surface area contributed by atoms with Crippen LogP contribution in [0.15, 0.2) is 42.7 Å². The predicted molar refractivity (Wildman–Crippen MR) is 92.8 cm³/mol. The molecule has 0 radical (unpaired) electrons. The first-order valence-electron chi connectivity index (χ1n) is 7.62. The van der Waals surface area contributed by atoms with Crippen molar-refractivity contribution in [3.05, 3.63) is 69.8 Å². The Kier molecular flexibility index (Phi) is 4.56. The first-order valence-corrected chi connectivity index (χ1v) is 7.62. The molecule has 0 unspecified atom stereocenters. The Morgan fingerprint density at radius 2 is 1.92 bits per heavy atom. The summed E-state index contributed by atoms with van der Waals surface area (Å²) < 4.78 is 1.36. The van der Waals surface area contributed by atoms with Gasteiger partial charge in [0.15, 0.2) is 0 Å². The van der Waals surface area contributed by atoms with E-state index in [9.17, 15) is 14.9 Å². The summed E-state index contributed by atoms with van der Waals surface area (Å²) in [6.07, 6.45) is 1.16. The van der Waals surface area contributed by atoms with Crippen LogP contribution in [0.3, 0.4) is 0 Å². The fraction of sp³-hybridized carbons (Fsp3) is 0.125. The largest absolute Gasteiger partial charge is 0.357 e. The van der Waals surface area contributed by atoms with Crippen molar-refractivity contribution in [1.29, 1.82) is 0 Å². The summed E-state index contributed by atoms with van der Waals surface area (Å²) in [5, 5.41) is 15.8. The van der Waals surface area contributed by atoms with Crippen molar-refractivity contribution in [3.63, 3.8) is 0 Å². The minimum Gasteiger partial charge on any atom is -0.276 e. The lowest BCUT2D eigenvalue weighted by molar-refractivity contribution is -0.384. The molecule has 0 aliphatic rings. The number of amides is 1. The first kappa shape index (κ1) is 17.0. The molecule has 1 amide bonds. The molecule has 0 aliphatic carbocycles. The van der Waals surface area contributed by atoms with Gasteiger partial charge in [0, 0.05) is 11.3 Å². The molecule has 0 spiro atoms. The highest BCUT2D eigenvalue weighted by atomic mass is 16.6. The van der Waals surface area contributed by atoms with Crippen LogP contribution in [0.5, 0.6) is 0 Å². The zero-order valence-electron chi connectivity index (χ0n) is 14.0. The Labute approximate surface area is 148 Å². The fourth-order valence-electron chi connectivity index (χ4n) is 2.41. The molecule has 0 aliphatic heterocycles. The third-order valence-corrected chi connectivity index (χ3v) is 3.53. The SMILES string of the molecule is Cc1cc(C)n(-c2ncnc(NNC(=O)c3ccccc3)c2[N+](=O)[O-])n1. The number of nitrogens with zero attached hydrogens (tertiary/aromatic N) is 5. The van der Waals surface area contributed by atoms with Crippen LogP contribution in [0.25, 0.3) is 5.82 Å². The van der Waals surface area contributed by atoms with Gasteiger partial charge in [0.05, 0.1) is 10.6 Å². The second-order valence-corrected chi connectivity index (χ2v) is 5.44. The molecule has 3 aromatic rings. The summed E-state index contributed by atoms with van der Waals surface area (Å²) in [6.45, 7) is 3.53. The van der Waals surface area contributed by atoms with Gasteiger partial charge < -0.3 is 0 Å². The van der Waals surface area contributed by atoms with Gasteiger partial charge >= 0.3 is 5.69 Å². The van der Waals surface area contributed by atoms with E-state index in [0.29, 0.717) is 17.0 Å². The molecule has 132 valence electrons. The Hall–Kier alpha value is -3.82. The monoisotopic (exact) mass is 353 g/mol. The van der Waals surface area contributed by atoms with Gasteiger partial charge in [0.1, 0.15) is 6.33 Å². The van der Waals surface area contributed by atoms with Crippen LogP contribution < -0.4 is 10.9 Å². The molecule has 1 aromatic carbocycles. The van der Waals surface area contributed by atoms with E-state index < -0.39 is 16.5 Å². The summed E-state index contributed by atoms with van der Waals surface area (Å²) in [4.78, 5) is 30.9. The third-order valence-electron chi connectivity index (χ3n) is 3.53. The molecule has 10 nitrogen and oxygen atoms in total. The van der Waals surface area contributed by atoms with Gasteiger partial charge in [-0.15, -0.1) is 0 Å². The molecule has 2 N–H and O–H groups in total. The number of hydrogen-bond acceptors (Lipinski definition) is 7. The van der Waals surface area contributed by atoms with Crippen LogP contribution >= 0.6 is 0 Å². The number of aryl methyl sites for hydroxylation is 2. The standard InChI is InChI=1S/C16H15N7O3/c1-10-8-11(2)22(21-10)15-13(23(25)26)14(17-9-18-15)19-20-16(24)12-6-4-3-5-7-12/h3-9H,1-2H3,(H,20,24)(H,17,18,19). The van der Waals surface area contributed by atoms with Gasteiger partial charge in [-0.2, -0.15) is 5.10 Å². The second-order valence-electron chi connectivity index (χ2n) is 5.44. The van der Waals surface area contributed by atoms with E-state index in [1.54, 1.807) is 50.2 Å². The molecule has 0 saturated heterocycles. The van der Waals surface area contributed by atoms with Crippen molar-refractivity contribution in [2.75, 3.05) is 5.43 Å². The van der Waals surface area contributed by atoms with E-state index in [1.165, 1.54) is 4.68 Å². The quantitative estimate of drug-likeness (QED) is 0.530. The Balaban J connectivity index is 1.93. The number of benzene rings is 1. The number of aromatic nitrogens is 4. The van der Waals surface area contributed by atoms with Crippen LogP contribution in [-0.2, 0) is 0 Å². The molecule has 3 rings (SSSR count). The maximum Gasteiger partial charge on any atom is 0.357 e. The summed E-state index contributed by atoms with van der Waals surface area (Å²) in [5.74, 6) is -0.588. The lowest BCUT2D eigenvalue weighted by Crippen LogP contribution is -2.30. The third kappa shape index (κ3) is 3.34. The summed E-state index contributed by atoms with van der Waals surface area (Å²) >= 11 is 0. The molecule has 0 bridgehead atoms. The Bertz CT molecular complexity index is 969. The fourth-order valence-corrected chi connectivity index (χ4v) is 2.41. The summed E-state index contributed by atoms with van der Waals surface area (Å²) in [5.41, 5.74) is 6.27. The van der Waals surface area contributed by atoms with Gasteiger partial charge in [-0.1, -0.05) is 18.2 Å². The van der Waals surface area contributed by atoms with Crippen molar-refractivity contribution in [3.8, 4) is 5.82 Å². The van der Waals surface area contributed by atoms with Crippen LogP contribution in [0.2, 0.25) is 0 Å². The van der Waals surface area contributed by atoms with Crippen LogP contribution in [0.1, 0.15) is 21.7 Å². The van der Waals surface area contributed by atoms with Crippen LogP contribution in [0.4, 0.5) is 11.5 Å². The van der Waals surface area contributed by atoms with E-state index in [1.807, 2.05) is 0 Å². The number of hydrazine groups is 1. The number of rotatable bonds is 5. The maximum absolute atomic E-state index is 12.1. The molecule has 0 saturated carbocycles. The summed E-state index contributed by atoms with van der Waals surface area (Å²) in [6, 6.07) is 10.2. The predicted octanol–water partition coefficient (Wildman–Crippen LogP) is 1.94. The first-order chi connectivity index (χ1) is 12.5. The molecular weight excluding hydrogens is 338 g/mol. The molecular formula is C16H15N7O3. The smallest absolute Gasteiger partial charge is 0.276 e. The highest BCUT2D eigenvalue weighted by Crippen LogP contribution is 2.27. The van der Waals surface area contributed by atoms with Gasteiger partial charge in [-0.25, -0.2) is 14.6 Å². The molecule has 0 fully saturated rings. The van der Waals surface area contributed by atoms with Crippen LogP contribution in [0, 0.1) is 24.0 Å². The Morgan fingerprint density at radius 1 is 1.19 bits per heavy atom. The number of carbonyl (C=O) groups is 1. The van der Waals surface area contributed by atoms with Crippen LogP contribution in [-0.4, -0.2) is 30.6 Å². The number of nitro groups is 1. The molecule has 2 aromatic heterocycles. The maximum atomic E-state index is 12.1. The number of nitrogens with one attached hydrogen (secondary N) is 2. The van der Waals surface area contributed by atoms with Crippen molar-refractivity contribution in [2.24, 2.45) is 0 Å². The zero-order chi connectivity index (χ0) is 18.7. The minimum atomic E-state index is -0.622. The van der Waals surface area contributed by atoms with E-state index in [2.05, 4.69) is 25.9 Å². The Morgan fingerprint density at radius 3 is 2.54 bits per heavy atom. The lowest BCUT2D eigenvalue weighted by atomic mass is 10.2. The van der Waals surface area contributed by atoms with Crippen molar-refractivity contribution < 1.29 is 9.72 Å². The highest BCUT2D eigenvalue weighted by Gasteiger charge is 2.26. The topological polar surface area (TPSA) is 128 Å². The van der Waals surface area contributed by atoms with Crippen molar-refractivity contribution in [2.45, 2.75) is 13.8 Å². The summed E-state index contributed by atoms with van der Waals surface area (Å²) in [7, 11) is 0. The number of anilines is 1. The molecule has 0 atom stereocenters. The van der Waals surface area contributed by atoms with Gasteiger partial charge in [-0.05, 0) is 32.0 Å². The number of carbonyl (C=O) groups excluding carboxylic acids is 1.